The smallest absolute Gasteiger partial charge is 0.293 e. The summed E-state index contributed by atoms with van der Waals surface area (Å²) in [7, 11) is 1.55. The van der Waals surface area contributed by atoms with Crippen molar-refractivity contribution in [2.45, 2.75) is 6.54 Å². The first-order chi connectivity index (χ1) is 11.5. The summed E-state index contributed by atoms with van der Waals surface area (Å²) in [5, 5.41) is 16.8. The van der Waals surface area contributed by atoms with Crippen molar-refractivity contribution in [2.24, 2.45) is 0 Å². The van der Waals surface area contributed by atoms with Gasteiger partial charge in [-0.2, -0.15) is 0 Å². The molecule has 2 N–H and O–H groups in total. The van der Waals surface area contributed by atoms with E-state index in [1.807, 2.05) is 6.07 Å². The minimum Gasteiger partial charge on any atom is -0.383 e. The van der Waals surface area contributed by atoms with Gasteiger partial charge < -0.3 is 15.4 Å². The molecule has 1 amide bonds. The Kier molecular flexibility index (Phi) is 6.53. The minimum atomic E-state index is -0.523. The number of benzene rings is 1. The lowest BCUT2D eigenvalue weighted by Gasteiger charge is -2.08. The SMILES string of the molecule is COCCNc1ccc(C(=O)NCc2ccc(Cl)s2)cc1[N+](=O)[O-]. The lowest BCUT2D eigenvalue weighted by atomic mass is 10.1. The van der Waals surface area contributed by atoms with E-state index in [4.69, 9.17) is 16.3 Å². The number of nitro groups is 1. The first-order valence-electron chi connectivity index (χ1n) is 7.05. The van der Waals surface area contributed by atoms with Gasteiger partial charge in [0.25, 0.3) is 11.6 Å². The Morgan fingerprint density at radius 1 is 1.38 bits per heavy atom. The normalized spacial score (nSPS) is 10.4. The number of methoxy groups -OCH3 is 1. The molecule has 0 saturated heterocycles. The Labute approximate surface area is 147 Å². The molecular formula is C15H16ClN3O4S. The van der Waals surface area contributed by atoms with Crippen molar-refractivity contribution in [2.75, 3.05) is 25.6 Å². The number of carbonyl (C=O) groups is 1. The molecule has 9 heteroatoms. The maximum Gasteiger partial charge on any atom is 0.293 e. The number of nitro benzene ring substituents is 1. The van der Waals surface area contributed by atoms with Crippen LogP contribution in [0.3, 0.4) is 0 Å². The Morgan fingerprint density at radius 2 is 2.17 bits per heavy atom. The Bertz CT molecular complexity index is 735. The molecule has 7 nitrogen and oxygen atoms in total. The highest BCUT2D eigenvalue weighted by atomic mass is 35.5. The molecule has 2 rings (SSSR count). The van der Waals surface area contributed by atoms with Crippen molar-refractivity contribution in [1.29, 1.82) is 0 Å². The van der Waals surface area contributed by atoms with Crippen molar-refractivity contribution in [3.05, 3.63) is 55.2 Å². The quantitative estimate of drug-likeness (QED) is 0.423. The molecule has 0 atom stereocenters. The van der Waals surface area contributed by atoms with E-state index in [-0.39, 0.29) is 17.2 Å². The van der Waals surface area contributed by atoms with Crippen LogP contribution in [0, 0.1) is 10.1 Å². The summed E-state index contributed by atoms with van der Waals surface area (Å²) in [4.78, 5) is 23.8. The molecule has 1 aromatic heterocycles. The number of amides is 1. The van der Waals surface area contributed by atoms with Gasteiger partial charge in [-0.1, -0.05) is 11.6 Å². The number of nitrogens with zero attached hydrogens (tertiary/aromatic N) is 1. The third kappa shape index (κ3) is 4.92. The predicted molar refractivity (Wildman–Crippen MR) is 94.0 cm³/mol. The van der Waals surface area contributed by atoms with Crippen molar-refractivity contribution >= 4 is 40.2 Å². The van der Waals surface area contributed by atoms with Crippen molar-refractivity contribution < 1.29 is 14.5 Å². The summed E-state index contributed by atoms with van der Waals surface area (Å²) in [5.74, 6) is -0.383. The molecule has 24 heavy (non-hydrogen) atoms. The summed E-state index contributed by atoms with van der Waals surface area (Å²) < 4.78 is 5.54. The van der Waals surface area contributed by atoms with E-state index in [2.05, 4.69) is 10.6 Å². The molecule has 1 aromatic carbocycles. The van der Waals surface area contributed by atoms with E-state index in [9.17, 15) is 14.9 Å². The van der Waals surface area contributed by atoms with E-state index < -0.39 is 4.92 Å². The Morgan fingerprint density at radius 3 is 2.79 bits per heavy atom. The molecule has 0 saturated carbocycles. The van der Waals surface area contributed by atoms with Crippen molar-refractivity contribution in [1.82, 2.24) is 5.32 Å². The van der Waals surface area contributed by atoms with Crippen LogP contribution in [0.4, 0.5) is 11.4 Å². The summed E-state index contributed by atoms with van der Waals surface area (Å²) in [6.07, 6.45) is 0. The van der Waals surface area contributed by atoms with Crippen LogP contribution in [-0.4, -0.2) is 31.1 Å². The van der Waals surface area contributed by atoms with E-state index in [1.165, 1.54) is 23.5 Å². The molecule has 0 radical (unpaired) electrons. The lowest BCUT2D eigenvalue weighted by molar-refractivity contribution is -0.384. The Balaban J connectivity index is 2.07. The zero-order valence-corrected chi connectivity index (χ0v) is 14.4. The molecule has 0 aliphatic carbocycles. The van der Waals surface area contributed by atoms with E-state index in [1.54, 1.807) is 19.2 Å². The molecule has 0 bridgehead atoms. The van der Waals surface area contributed by atoms with Gasteiger partial charge in [0.2, 0.25) is 0 Å². The monoisotopic (exact) mass is 369 g/mol. The number of hydrogen-bond acceptors (Lipinski definition) is 6. The van der Waals surface area contributed by atoms with Crippen LogP contribution in [0.15, 0.2) is 30.3 Å². The van der Waals surface area contributed by atoms with Gasteiger partial charge in [-0.15, -0.1) is 11.3 Å². The average molecular weight is 370 g/mol. The molecule has 2 aromatic rings. The van der Waals surface area contributed by atoms with Crippen LogP contribution in [0.1, 0.15) is 15.2 Å². The molecular weight excluding hydrogens is 354 g/mol. The molecule has 0 fully saturated rings. The summed E-state index contributed by atoms with van der Waals surface area (Å²) in [6, 6.07) is 7.88. The number of halogens is 1. The number of nitrogens with one attached hydrogen (secondary N) is 2. The van der Waals surface area contributed by atoms with Gasteiger partial charge in [-0.3, -0.25) is 14.9 Å². The summed E-state index contributed by atoms with van der Waals surface area (Å²) in [5.41, 5.74) is 0.415. The van der Waals surface area contributed by atoms with Gasteiger partial charge in [0, 0.05) is 30.2 Å². The summed E-state index contributed by atoms with van der Waals surface area (Å²) >= 11 is 7.20. The number of anilines is 1. The molecule has 0 spiro atoms. The summed E-state index contributed by atoms with van der Waals surface area (Å²) in [6.45, 7) is 1.17. The van der Waals surface area contributed by atoms with E-state index >= 15 is 0 Å². The van der Waals surface area contributed by atoms with Crippen LogP contribution < -0.4 is 10.6 Å². The first kappa shape index (κ1) is 18.2. The van der Waals surface area contributed by atoms with Crippen LogP contribution in [-0.2, 0) is 11.3 Å². The molecule has 0 aliphatic rings. The fraction of sp³-hybridized carbons (Fsp3) is 0.267. The third-order valence-electron chi connectivity index (χ3n) is 3.13. The number of carbonyl (C=O) groups excluding carboxylic acids is 1. The molecule has 0 aliphatic heterocycles. The maximum atomic E-state index is 12.2. The number of hydrogen-bond donors (Lipinski definition) is 2. The van der Waals surface area contributed by atoms with Gasteiger partial charge in [0.1, 0.15) is 5.69 Å². The van der Waals surface area contributed by atoms with Crippen molar-refractivity contribution in [3.63, 3.8) is 0 Å². The zero-order chi connectivity index (χ0) is 17.5. The molecule has 1 heterocycles. The highest BCUT2D eigenvalue weighted by Crippen LogP contribution is 2.26. The van der Waals surface area contributed by atoms with Gasteiger partial charge >= 0.3 is 0 Å². The molecule has 128 valence electrons. The van der Waals surface area contributed by atoms with Gasteiger partial charge in [0.15, 0.2) is 0 Å². The minimum absolute atomic E-state index is 0.155. The molecule has 0 unspecified atom stereocenters. The topological polar surface area (TPSA) is 93.5 Å². The largest absolute Gasteiger partial charge is 0.383 e. The van der Waals surface area contributed by atoms with E-state index in [0.29, 0.717) is 29.7 Å². The fourth-order valence-electron chi connectivity index (χ4n) is 1.98. The predicted octanol–water partition coefficient (Wildman–Crippen LogP) is 3.30. The number of rotatable bonds is 8. The highest BCUT2D eigenvalue weighted by Gasteiger charge is 2.17. The van der Waals surface area contributed by atoms with Gasteiger partial charge in [-0.25, -0.2) is 0 Å². The zero-order valence-electron chi connectivity index (χ0n) is 12.9. The number of thiophene rings is 1. The van der Waals surface area contributed by atoms with Gasteiger partial charge in [0.05, 0.1) is 22.4 Å². The van der Waals surface area contributed by atoms with Crippen LogP contribution in [0.2, 0.25) is 4.34 Å². The fourth-order valence-corrected chi connectivity index (χ4v) is 3.00. The first-order valence-corrected chi connectivity index (χ1v) is 8.24. The third-order valence-corrected chi connectivity index (χ3v) is 4.36. The van der Waals surface area contributed by atoms with E-state index in [0.717, 1.165) is 4.88 Å². The van der Waals surface area contributed by atoms with Crippen LogP contribution in [0.25, 0.3) is 0 Å². The second-order valence-electron chi connectivity index (χ2n) is 4.80. The van der Waals surface area contributed by atoms with Crippen LogP contribution in [0.5, 0.6) is 0 Å². The maximum absolute atomic E-state index is 12.2. The van der Waals surface area contributed by atoms with Crippen LogP contribution >= 0.6 is 22.9 Å². The second-order valence-corrected chi connectivity index (χ2v) is 6.60. The lowest BCUT2D eigenvalue weighted by Crippen LogP contribution is -2.22. The highest BCUT2D eigenvalue weighted by molar-refractivity contribution is 7.16. The Hall–Kier alpha value is -2.16. The van der Waals surface area contributed by atoms with Crippen molar-refractivity contribution in [3.8, 4) is 0 Å². The standard InChI is InChI=1S/C15H16ClN3O4S/c1-23-7-6-17-12-4-2-10(8-13(12)19(21)22)15(20)18-9-11-3-5-14(16)24-11/h2-5,8,17H,6-7,9H2,1H3,(H,18,20). The van der Waals surface area contributed by atoms with Gasteiger partial charge in [-0.05, 0) is 24.3 Å². The second kappa shape index (κ2) is 8.62. The number of ether oxygens (including phenoxy) is 1. The average Bonchev–Trinajstić information content (AvgIpc) is 2.98.